The number of urea groups is 1. The van der Waals surface area contributed by atoms with E-state index in [4.69, 9.17) is 11.6 Å². The van der Waals surface area contributed by atoms with Gasteiger partial charge in [-0.05, 0) is 18.2 Å². The maximum atomic E-state index is 13.7. The van der Waals surface area contributed by atoms with Crippen LogP contribution in [0.2, 0.25) is 5.02 Å². The van der Waals surface area contributed by atoms with E-state index in [0.29, 0.717) is 18.0 Å². The minimum absolute atomic E-state index is 0.0334. The Kier molecular flexibility index (Phi) is 4.34. The molecule has 0 fully saturated rings. The van der Waals surface area contributed by atoms with Crippen molar-refractivity contribution in [1.82, 2.24) is 0 Å². The summed E-state index contributed by atoms with van der Waals surface area (Å²) in [6.07, 6.45) is -2.68. The number of carbonyl (C=O) groups is 1. The number of alkyl halides is 3. The first-order valence-electron chi connectivity index (χ1n) is 5.78. The van der Waals surface area contributed by atoms with Crippen LogP contribution in [0.3, 0.4) is 0 Å². The zero-order chi connectivity index (χ0) is 15.7. The number of aliphatic imine (C=N–C) groups is 1. The Morgan fingerprint density at radius 3 is 2.81 bits per heavy atom. The lowest BCUT2D eigenvalue weighted by atomic mass is 9.96. The number of thioether (sulfide) groups is 1. The van der Waals surface area contributed by atoms with Gasteiger partial charge in [0.1, 0.15) is 0 Å². The molecule has 0 saturated heterocycles. The largest absolute Gasteiger partial charge is 0.412 e. The lowest BCUT2D eigenvalue weighted by Crippen LogP contribution is -2.41. The van der Waals surface area contributed by atoms with E-state index < -0.39 is 17.0 Å². The second-order valence-electron chi connectivity index (χ2n) is 4.21. The number of hydrogen-bond acceptors (Lipinski definition) is 2. The summed E-state index contributed by atoms with van der Waals surface area (Å²) in [5.41, 5.74) is -0.111. The molecule has 2 rings (SSSR count). The van der Waals surface area contributed by atoms with Crippen LogP contribution in [0, 0.1) is 0 Å². The molecule has 1 aromatic rings. The summed E-state index contributed by atoms with van der Waals surface area (Å²) in [4.78, 5) is 14.8. The number of nitrogens with zero attached hydrogens (tertiary/aromatic N) is 1. The number of hydrogen-bond donors (Lipinski definition) is 1. The van der Waals surface area contributed by atoms with Crippen molar-refractivity contribution in [3.8, 4) is 0 Å². The van der Waals surface area contributed by atoms with Crippen molar-refractivity contribution in [3.05, 3.63) is 41.4 Å². The zero-order valence-corrected chi connectivity index (χ0v) is 12.1. The molecule has 1 atom stereocenters. The molecule has 1 N–H and O–H groups in total. The van der Waals surface area contributed by atoms with E-state index in [0.717, 1.165) is 0 Å². The van der Waals surface area contributed by atoms with Gasteiger partial charge in [-0.25, -0.2) is 9.79 Å². The number of amides is 2. The molecule has 112 valence electrons. The van der Waals surface area contributed by atoms with E-state index in [-0.39, 0.29) is 22.0 Å². The summed E-state index contributed by atoms with van der Waals surface area (Å²) in [6, 6.07) is 3.08. The van der Waals surface area contributed by atoms with Crippen LogP contribution >= 0.6 is 23.4 Å². The van der Waals surface area contributed by atoms with Gasteiger partial charge in [0.2, 0.25) is 0 Å². The molecule has 1 aliphatic heterocycles. The maximum Gasteiger partial charge on any atom is 0.412 e. The molecular formula is C13H10ClF3N2OS. The zero-order valence-electron chi connectivity index (χ0n) is 10.6. The minimum Gasteiger partial charge on any atom is -0.306 e. The van der Waals surface area contributed by atoms with Gasteiger partial charge >= 0.3 is 12.2 Å². The van der Waals surface area contributed by atoms with Gasteiger partial charge in [-0.15, -0.1) is 18.3 Å². The standard InChI is InChI=1S/C13H10ClF3N2OS/c1-2-5-21-12(13(15,16)17)7-18-11(20)19-10-4-3-8(14)6-9(10)12/h2-4,6-7H,1,5H2,(H,19,20)/t12-/m0/s1. The third-order valence-electron chi connectivity index (χ3n) is 2.84. The Labute approximate surface area is 128 Å². The maximum absolute atomic E-state index is 13.7. The second kappa shape index (κ2) is 5.73. The molecule has 0 saturated carbocycles. The van der Waals surface area contributed by atoms with Crippen LogP contribution in [0.15, 0.2) is 35.8 Å². The third kappa shape index (κ3) is 2.94. The van der Waals surface area contributed by atoms with Crippen molar-refractivity contribution in [3.63, 3.8) is 0 Å². The fourth-order valence-electron chi connectivity index (χ4n) is 1.91. The van der Waals surface area contributed by atoms with E-state index >= 15 is 0 Å². The number of carbonyl (C=O) groups excluding carboxylic acids is 1. The molecular weight excluding hydrogens is 325 g/mol. The first-order valence-corrected chi connectivity index (χ1v) is 7.14. The summed E-state index contributed by atoms with van der Waals surface area (Å²) in [5, 5.41) is 2.46. The van der Waals surface area contributed by atoms with Crippen LogP contribution in [0.1, 0.15) is 5.56 Å². The Hall–Kier alpha value is -1.47. The van der Waals surface area contributed by atoms with Crippen molar-refractivity contribution in [2.24, 2.45) is 4.99 Å². The number of nitrogens with one attached hydrogen (secondary N) is 1. The number of halogens is 4. The molecule has 0 radical (unpaired) electrons. The van der Waals surface area contributed by atoms with Crippen LogP contribution < -0.4 is 5.32 Å². The predicted molar refractivity (Wildman–Crippen MR) is 79.4 cm³/mol. The first-order chi connectivity index (χ1) is 9.80. The summed E-state index contributed by atoms with van der Waals surface area (Å²) in [7, 11) is 0. The van der Waals surface area contributed by atoms with Crippen LogP contribution in [0.25, 0.3) is 0 Å². The molecule has 21 heavy (non-hydrogen) atoms. The van der Waals surface area contributed by atoms with Gasteiger partial charge in [-0.1, -0.05) is 17.7 Å². The Balaban J connectivity index is 2.72. The summed E-state index contributed by atoms with van der Waals surface area (Å²) < 4.78 is 38.7. The quantitative estimate of drug-likeness (QED) is 0.819. The highest BCUT2D eigenvalue weighted by Crippen LogP contribution is 2.51. The fraction of sp³-hybridized carbons (Fsp3) is 0.231. The Morgan fingerprint density at radius 2 is 2.19 bits per heavy atom. The normalized spacial score (nSPS) is 21.4. The lowest BCUT2D eigenvalue weighted by molar-refractivity contribution is -0.143. The molecule has 0 spiro atoms. The molecule has 2 amide bonds. The van der Waals surface area contributed by atoms with Gasteiger partial charge < -0.3 is 5.32 Å². The van der Waals surface area contributed by atoms with E-state index in [9.17, 15) is 18.0 Å². The molecule has 8 heteroatoms. The molecule has 0 bridgehead atoms. The summed E-state index contributed by atoms with van der Waals surface area (Å²) in [6.45, 7) is 3.43. The molecule has 1 heterocycles. The smallest absolute Gasteiger partial charge is 0.306 e. The predicted octanol–water partition coefficient (Wildman–Crippen LogP) is 4.63. The molecule has 0 aliphatic carbocycles. The average Bonchev–Trinajstić information content (AvgIpc) is 2.53. The van der Waals surface area contributed by atoms with Crippen LogP contribution in [0.4, 0.5) is 23.7 Å². The monoisotopic (exact) mass is 334 g/mol. The number of fused-ring (bicyclic) bond motifs is 1. The highest BCUT2D eigenvalue weighted by molar-refractivity contribution is 8.01. The van der Waals surface area contributed by atoms with Crippen molar-refractivity contribution in [2.75, 3.05) is 11.1 Å². The van der Waals surface area contributed by atoms with E-state index in [1.54, 1.807) is 0 Å². The SMILES string of the molecule is C=CCS[C@@]1(C(F)(F)F)C=NC(=O)Nc2ccc(Cl)cc21. The number of rotatable bonds is 3. The number of anilines is 1. The second-order valence-corrected chi connectivity index (χ2v) is 5.91. The minimum atomic E-state index is -4.66. The van der Waals surface area contributed by atoms with Gasteiger partial charge in [0.25, 0.3) is 0 Å². The Bertz CT molecular complexity index is 618. The topological polar surface area (TPSA) is 41.5 Å². The van der Waals surface area contributed by atoms with E-state index in [1.165, 1.54) is 24.3 Å². The average molecular weight is 335 g/mol. The van der Waals surface area contributed by atoms with E-state index in [2.05, 4.69) is 16.9 Å². The molecule has 3 nitrogen and oxygen atoms in total. The molecule has 1 aromatic carbocycles. The van der Waals surface area contributed by atoms with E-state index in [1.807, 2.05) is 0 Å². The fourth-order valence-corrected chi connectivity index (χ4v) is 3.08. The Morgan fingerprint density at radius 1 is 1.48 bits per heavy atom. The first kappa shape index (κ1) is 15.9. The third-order valence-corrected chi connectivity index (χ3v) is 4.49. The molecule has 0 aromatic heterocycles. The lowest BCUT2D eigenvalue weighted by Gasteiger charge is -2.32. The van der Waals surface area contributed by atoms with Crippen molar-refractivity contribution >= 4 is 41.3 Å². The van der Waals surface area contributed by atoms with Crippen molar-refractivity contribution in [2.45, 2.75) is 10.9 Å². The van der Waals surface area contributed by atoms with Gasteiger partial charge in [0, 0.05) is 28.2 Å². The van der Waals surface area contributed by atoms with Crippen molar-refractivity contribution < 1.29 is 18.0 Å². The number of benzene rings is 1. The highest BCUT2D eigenvalue weighted by Gasteiger charge is 2.57. The summed E-state index contributed by atoms with van der Waals surface area (Å²) in [5.74, 6) is 0.0334. The molecule has 1 aliphatic rings. The summed E-state index contributed by atoms with van der Waals surface area (Å²) >= 11 is 6.40. The van der Waals surface area contributed by atoms with Crippen LogP contribution in [-0.4, -0.2) is 24.2 Å². The van der Waals surface area contributed by atoms with Crippen LogP contribution in [0.5, 0.6) is 0 Å². The van der Waals surface area contributed by atoms with Gasteiger partial charge in [0.15, 0.2) is 4.75 Å². The van der Waals surface area contributed by atoms with Gasteiger partial charge in [-0.2, -0.15) is 13.2 Å². The van der Waals surface area contributed by atoms with Gasteiger partial charge in [-0.3, -0.25) is 0 Å². The van der Waals surface area contributed by atoms with Gasteiger partial charge in [0.05, 0.1) is 0 Å². The van der Waals surface area contributed by atoms with Crippen LogP contribution in [-0.2, 0) is 4.75 Å². The van der Waals surface area contributed by atoms with Crippen molar-refractivity contribution in [1.29, 1.82) is 0 Å². The molecule has 0 unspecified atom stereocenters. The highest BCUT2D eigenvalue weighted by atomic mass is 35.5.